The Morgan fingerprint density at radius 1 is 1.10 bits per heavy atom. The smallest absolute Gasteiger partial charge is 0.118 e. The SMILES string of the molecule is CC1=CCC(=C(C)C)CC1.Cc1ccc(C(C)C)cc1O. The quantitative estimate of drug-likeness (QED) is 0.602. The van der Waals surface area contributed by atoms with Crippen LogP contribution in [0.4, 0.5) is 0 Å². The largest absolute Gasteiger partial charge is 0.508 e. The fourth-order valence-electron chi connectivity index (χ4n) is 2.29. The van der Waals surface area contributed by atoms with Crippen LogP contribution in [0.25, 0.3) is 0 Å². The maximum Gasteiger partial charge on any atom is 0.118 e. The summed E-state index contributed by atoms with van der Waals surface area (Å²) in [5.74, 6) is 0.887. The lowest BCUT2D eigenvalue weighted by molar-refractivity contribution is 0.470. The molecule has 0 amide bonds. The summed E-state index contributed by atoms with van der Waals surface area (Å²) in [6, 6.07) is 5.84. The van der Waals surface area contributed by atoms with E-state index in [4.69, 9.17) is 0 Å². The van der Waals surface area contributed by atoms with Crippen LogP contribution in [0.3, 0.4) is 0 Å². The molecule has 1 aromatic carbocycles. The number of benzene rings is 1. The van der Waals surface area contributed by atoms with Crippen molar-refractivity contribution in [1.29, 1.82) is 0 Å². The highest BCUT2D eigenvalue weighted by Crippen LogP contribution is 2.24. The van der Waals surface area contributed by atoms with E-state index in [2.05, 4.69) is 46.8 Å². The number of phenolic OH excluding ortho intramolecular Hbond substituents is 1. The standard InChI is InChI=1S/C10H14O.C10H16/c1-7(2)9-5-4-8(3)10(11)6-9;1-8(2)10-6-4-9(3)5-7-10/h4-7,11H,1-3H3;4H,5-7H2,1-3H3. The molecule has 116 valence electrons. The Morgan fingerprint density at radius 2 is 1.76 bits per heavy atom. The summed E-state index contributed by atoms with van der Waals surface area (Å²) in [7, 11) is 0. The van der Waals surface area contributed by atoms with Gasteiger partial charge in [0.05, 0.1) is 0 Å². The molecule has 0 aromatic heterocycles. The average molecular weight is 286 g/mol. The summed E-state index contributed by atoms with van der Waals surface area (Å²) in [5.41, 5.74) is 6.85. The first-order valence-electron chi connectivity index (χ1n) is 7.91. The van der Waals surface area contributed by atoms with E-state index in [9.17, 15) is 5.11 Å². The topological polar surface area (TPSA) is 20.2 Å². The van der Waals surface area contributed by atoms with E-state index in [0.717, 1.165) is 5.56 Å². The third-order valence-electron chi connectivity index (χ3n) is 4.13. The van der Waals surface area contributed by atoms with Crippen molar-refractivity contribution >= 4 is 0 Å². The minimum atomic E-state index is 0.399. The van der Waals surface area contributed by atoms with E-state index in [1.807, 2.05) is 19.1 Å². The normalized spacial score (nSPS) is 14.4. The van der Waals surface area contributed by atoms with Gasteiger partial charge in [-0.05, 0) is 70.1 Å². The third kappa shape index (κ3) is 5.79. The summed E-state index contributed by atoms with van der Waals surface area (Å²) in [5, 5.41) is 9.35. The van der Waals surface area contributed by atoms with Crippen LogP contribution in [0.1, 0.15) is 70.9 Å². The van der Waals surface area contributed by atoms with Gasteiger partial charge < -0.3 is 5.11 Å². The molecule has 0 bridgehead atoms. The zero-order valence-corrected chi connectivity index (χ0v) is 14.5. The lowest BCUT2D eigenvalue weighted by Gasteiger charge is -2.13. The summed E-state index contributed by atoms with van der Waals surface area (Å²) >= 11 is 0. The maximum absolute atomic E-state index is 9.35. The summed E-state index contributed by atoms with van der Waals surface area (Å²) < 4.78 is 0. The Bertz CT molecular complexity index is 529. The summed E-state index contributed by atoms with van der Waals surface area (Å²) in [4.78, 5) is 0. The Hall–Kier alpha value is -1.50. The molecule has 1 aromatic rings. The summed E-state index contributed by atoms with van der Waals surface area (Å²) in [6.07, 6.45) is 6.13. The van der Waals surface area contributed by atoms with Gasteiger partial charge >= 0.3 is 0 Å². The van der Waals surface area contributed by atoms with Crippen LogP contribution in [-0.2, 0) is 0 Å². The molecule has 0 heterocycles. The van der Waals surface area contributed by atoms with Gasteiger partial charge in [0.1, 0.15) is 5.75 Å². The van der Waals surface area contributed by atoms with Crippen molar-refractivity contribution in [2.75, 3.05) is 0 Å². The van der Waals surface area contributed by atoms with Crippen molar-refractivity contribution in [1.82, 2.24) is 0 Å². The molecule has 0 unspecified atom stereocenters. The Kier molecular flexibility index (Phi) is 6.74. The van der Waals surface area contributed by atoms with E-state index in [-0.39, 0.29) is 0 Å². The zero-order chi connectivity index (χ0) is 16.0. The Balaban J connectivity index is 0.000000211. The average Bonchev–Trinajstić information content (AvgIpc) is 2.43. The van der Waals surface area contributed by atoms with Crippen LogP contribution < -0.4 is 0 Å². The Labute approximate surface area is 130 Å². The van der Waals surface area contributed by atoms with Crippen molar-refractivity contribution in [3.05, 3.63) is 52.1 Å². The monoisotopic (exact) mass is 286 g/mol. The van der Waals surface area contributed by atoms with Gasteiger partial charge in [-0.15, -0.1) is 0 Å². The number of aromatic hydroxyl groups is 1. The lowest BCUT2D eigenvalue weighted by atomic mass is 9.93. The van der Waals surface area contributed by atoms with Gasteiger partial charge in [-0.2, -0.15) is 0 Å². The van der Waals surface area contributed by atoms with Gasteiger partial charge in [0, 0.05) is 0 Å². The van der Waals surface area contributed by atoms with Gasteiger partial charge in [-0.25, -0.2) is 0 Å². The van der Waals surface area contributed by atoms with Crippen molar-refractivity contribution in [2.45, 2.75) is 66.7 Å². The molecule has 0 fully saturated rings. The minimum absolute atomic E-state index is 0.399. The minimum Gasteiger partial charge on any atom is -0.508 e. The predicted molar refractivity (Wildman–Crippen MR) is 92.9 cm³/mol. The Morgan fingerprint density at radius 3 is 2.19 bits per heavy atom. The number of rotatable bonds is 1. The molecule has 0 radical (unpaired) electrons. The predicted octanol–water partition coefficient (Wildman–Crippen LogP) is 6.28. The van der Waals surface area contributed by atoms with Crippen LogP contribution in [0.15, 0.2) is 41.0 Å². The molecule has 0 spiro atoms. The number of allylic oxidation sites excluding steroid dienone is 4. The highest BCUT2D eigenvalue weighted by molar-refractivity contribution is 5.36. The molecule has 1 aliphatic carbocycles. The first-order chi connectivity index (χ1) is 9.81. The van der Waals surface area contributed by atoms with Crippen molar-refractivity contribution < 1.29 is 5.11 Å². The van der Waals surface area contributed by atoms with Crippen molar-refractivity contribution in [2.24, 2.45) is 0 Å². The lowest BCUT2D eigenvalue weighted by Crippen LogP contribution is -1.93. The number of phenols is 1. The second kappa shape index (κ2) is 8.07. The molecule has 1 heteroatoms. The van der Waals surface area contributed by atoms with Crippen LogP contribution >= 0.6 is 0 Å². The van der Waals surface area contributed by atoms with Gasteiger partial charge in [-0.1, -0.05) is 48.8 Å². The first kappa shape index (κ1) is 17.6. The number of hydrogen-bond donors (Lipinski definition) is 1. The van der Waals surface area contributed by atoms with Crippen molar-refractivity contribution in [3.8, 4) is 5.75 Å². The van der Waals surface area contributed by atoms with Crippen LogP contribution in [-0.4, -0.2) is 5.11 Å². The van der Waals surface area contributed by atoms with Gasteiger partial charge in [0.25, 0.3) is 0 Å². The van der Waals surface area contributed by atoms with E-state index < -0.39 is 0 Å². The molecule has 0 atom stereocenters. The molecule has 1 nitrogen and oxygen atoms in total. The van der Waals surface area contributed by atoms with E-state index in [1.54, 1.807) is 11.1 Å². The molecular weight excluding hydrogens is 256 g/mol. The van der Waals surface area contributed by atoms with Crippen LogP contribution in [0.2, 0.25) is 0 Å². The molecule has 21 heavy (non-hydrogen) atoms. The maximum atomic E-state index is 9.35. The molecular formula is C20H30O. The summed E-state index contributed by atoms with van der Waals surface area (Å²) in [6.45, 7) is 12.8. The van der Waals surface area contributed by atoms with Gasteiger partial charge in [-0.3, -0.25) is 0 Å². The second-order valence-corrected chi connectivity index (χ2v) is 6.56. The van der Waals surface area contributed by atoms with Crippen LogP contribution in [0, 0.1) is 6.92 Å². The zero-order valence-electron chi connectivity index (χ0n) is 14.5. The molecule has 2 rings (SSSR count). The molecule has 1 aliphatic rings. The second-order valence-electron chi connectivity index (χ2n) is 6.56. The van der Waals surface area contributed by atoms with Gasteiger partial charge in [0.2, 0.25) is 0 Å². The number of hydrogen-bond acceptors (Lipinski definition) is 1. The highest BCUT2D eigenvalue weighted by Gasteiger charge is 2.04. The molecule has 0 aliphatic heterocycles. The molecule has 1 N–H and O–H groups in total. The number of aryl methyl sites for hydroxylation is 1. The van der Waals surface area contributed by atoms with E-state index in [1.165, 1.54) is 30.4 Å². The van der Waals surface area contributed by atoms with Gasteiger partial charge in [0.15, 0.2) is 0 Å². The molecule has 0 saturated heterocycles. The van der Waals surface area contributed by atoms with E-state index >= 15 is 0 Å². The molecule has 0 saturated carbocycles. The fourth-order valence-corrected chi connectivity index (χ4v) is 2.29. The van der Waals surface area contributed by atoms with E-state index in [0.29, 0.717) is 11.7 Å². The fraction of sp³-hybridized carbons (Fsp3) is 0.500. The van der Waals surface area contributed by atoms with Crippen molar-refractivity contribution in [3.63, 3.8) is 0 Å². The van der Waals surface area contributed by atoms with Crippen LogP contribution in [0.5, 0.6) is 5.75 Å². The first-order valence-corrected chi connectivity index (χ1v) is 7.91. The third-order valence-corrected chi connectivity index (χ3v) is 4.13. The highest BCUT2D eigenvalue weighted by atomic mass is 16.3.